The molecule has 0 aromatic carbocycles. The molecule has 4 nitrogen and oxygen atoms in total. The van der Waals surface area contributed by atoms with E-state index < -0.39 is 0 Å². The summed E-state index contributed by atoms with van der Waals surface area (Å²) in [7, 11) is 1.73. The molecule has 1 saturated heterocycles. The quantitative estimate of drug-likeness (QED) is 0.887. The highest BCUT2D eigenvalue weighted by molar-refractivity contribution is 7.09. The SMILES string of the molecule is CO[C@@H](C)c1nc(CN2CCCNCC2)cs1. The minimum atomic E-state index is 0.111. The lowest BCUT2D eigenvalue weighted by atomic mass is 10.3. The van der Waals surface area contributed by atoms with Crippen molar-refractivity contribution in [2.24, 2.45) is 0 Å². The Kier molecular flexibility index (Phi) is 4.91. The van der Waals surface area contributed by atoms with Crippen LogP contribution in [0, 0.1) is 0 Å². The molecule has 1 aromatic heterocycles. The lowest BCUT2D eigenvalue weighted by molar-refractivity contribution is 0.119. The van der Waals surface area contributed by atoms with E-state index in [2.05, 4.69) is 20.6 Å². The van der Waals surface area contributed by atoms with Gasteiger partial charge in [-0.15, -0.1) is 11.3 Å². The van der Waals surface area contributed by atoms with Gasteiger partial charge in [-0.1, -0.05) is 0 Å². The van der Waals surface area contributed by atoms with Crippen molar-refractivity contribution in [3.63, 3.8) is 0 Å². The number of nitrogens with one attached hydrogen (secondary N) is 1. The molecule has 1 N–H and O–H groups in total. The van der Waals surface area contributed by atoms with E-state index in [9.17, 15) is 0 Å². The van der Waals surface area contributed by atoms with Crippen molar-refractivity contribution in [3.8, 4) is 0 Å². The zero-order valence-corrected chi connectivity index (χ0v) is 11.4. The number of rotatable bonds is 4. The van der Waals surface area contributed by atoms with E-state index in [0.29, 0.717) is 0 Å². The largest absolute Gasteiger partial charge is 0.375 e. The maximum Gasteiger partial charge on any atom is 0.122 e. The van der Waals surface area contributed by atoms with Crippen LogP contribution in [-0.2, 0) is 11.3 Å². The number of methoxy groups -OCH3 is 1. The van der Waals surface area contributed by atoms with Gasteiger partial charge in [-0.2, -0.15) is 0 Å². The molecule has 0 radical (unpaired) electrons. The number of hydrogen-bond donors (Lipinski definition) is 1. The Bertz CT molecular complexity index is 334. The highest BCUT2D eigenvalue weighted by Gasteiger charge is 2.13. The first-order chi connectivity index (χ1) is 8.29. The van der Waals surface area contributed by atoms with Crippen LogP contribution >= 0.6 is 11.3 Å². The van der Waals surface area contributed by atoms with Crippen molar-refractivity contribution in [1.29, 1.82) is 0 Å². The van der Waals surface area contributed by atoms with Gasteiger partial charge in [0, 0.05) is 32.1 Å². The van der Waals surface area contributed by atoms with Crippen LogP contribution in [0.1, 0.15) is 30.2 Å². The molecule has 0 spiro atoms. The second kappa shape index (κ2) is 6.44. The summed E-state index contributed by atoms with van der Waals surface area (Å²) in [6, 6.07) is 0. The first-order valence-electron chi connectivity index (χ1n) is 6.20. The molecule has 17 heavy (non-hydrogen) atoms. The lowest BCUT2D eigenvalue weighted by Crippen LogP contribution is -2.27. The van der Waals surface area contributed by atoms with Crippen molar-refractivity contribution < 1.29 is 4.74 Å². The fraction of sp³-hybridized carbons (Fsp3) is 0.750. The predicted molar refractivity (Wildman–Crippen MR) is 70.3 cm³/mol. The zero-order chi connectivity index (χ0) is 12.1. The van der Waals surface area contributed by atoms with Gasteiger partial charge in [0.1, 0.15) is 11.1 Å². The fourth-order valence-corrected chi connectivity index (χ4v) is 2.81. The number of ether oxygens (including phenoxy) is 1. The molecule has 0 unspecified atom stereocenters. The highest BCUT2D eigenvalue weighted by atomic mass is 32.1. The van der Waals surface area contributed by atoms with Gasteiger partial charge in [-0.05, 0) is 26.4 Å². The minimum Gasteiger partial charge on any atom is -0.375 e. The maximum absolute atomic E-state index is 5.28. The Morgan fingerprint density at radius 1 is 1.53 bits per heavy atom. The molecule has 1 atom stereocenters. The van der Waals surface area contributed by atoms with Crippen LogP contribution in [0.5, 0.6) is 0 Å². The van der Waals surface area contributed by atoms with E-state index in [-0.39, 0.29) is 6.10 Å². The summed E-state index contributed by atoms with van der Waals surface area (Å²) in [4.78, 5) is 7.11. The molecule has 1 fully saturated rings. The Hall–Kier alpha value is -0.490. The summed E-state index contributed by atoms with van der Waals surface area (Å²) in [5, 5.41) is 6.65. The van der Waals surface area contributed by atoms with Crippen LogP contribution in [0.15, 0.2) is 5.38 Å². The average molecular weight is 255 g/mol. The third-order valence-corrected chi connectivity index (χ3v) is 4.14. The van der Waals surface area contributed by atoms with Gasteiger partial charge in [0.15, 0.2) is 0 Å². The van der Waals surface area contributed by atoms with E-state index in [1.54, 1.807) is 18.4 Å². The normalized spacial score (nSPS) is 20.1. The van der Waals surface area contributed by atoms with E-state index in [4.69, 9.17) is 4.74 Å². The standard InChI is InChI=1S/C12H21N3OS/c1-10(16-2)12-14-11(9-17-12)8-15-6-3-4-13-5-7-15/h9-10,13H,3-8H2,1-2H3/t10-/m0/s1. The summed E-state index contributed by atoms with van der Waals surface area (Å²) in [5.74, 6) is 0. The van der Waals surface area contributed by atoms with Gasteiger partial charge in [-0.3, -0.25) is 4.90 Å². The van der Waals surface area contributed by atoms with E-state index in [0.717, 1.165) is 31.2 Å². The summed E-state index contributed by atoms with van der Waals surface area (Å²) >= 11 is 1.70. The third-order valence-electron chi connectivity index (χ3n) is 3.09. The van der Waals surface area contributed by atoms with E-state index >= 15 is 0 Å². The summed E-state index contributed by atoms with van der Waals surface area (Å²) < 4.78 is 5.28. The molecule has 96 valence electrons. The lowest BCUT2D eigenvalue weighted by Gasteiger charge is -2.17. The second-order valence-corrected chi connectivity index (χ2v) is 5.32. The van der Waals surface area contributed by atoms with Crippen LogP contribution in [0.2, 0.25) is 0 Å². The molecule has 1 aromatic rings. The van der Waals surface area contributed by atoms with Gasteiger partial charge < -0.3 is 10.1 Å². The molecule has 0 amide bonds. The minimum absolute atomic E-state index is 0.111. The molecule has 2 heterocycles. The van der Waals surface area contributed by atoms with Crippen molar-refractivity contribution in [2.45, 2.75) is 26.0 Å². The topological polar surface area (TPSA) is 37.4 Å². The van der Waals surface area contributed by atoms with Crippen molar-refractivity contribution >= 4 is 11.3 Å². The van der Waals surface area contributed by atoms with Gasteiger partial charge in [0.05, 0.1) is 5.69 Å². The number of hydrogen-bond acceptors (Lipinski definition) is 5. The first kappa shape index (κ1) is 13.0. The molecular formula is C12H21N3OS. The van der Waals surface area contributed by atoms with Crippen molar-refractivity contribution in [3.05, 3.63) is 16.1 Å². The average Bonchev–Trinajstić information content (AvgIpc) is 2.65. The smallest absolute Gasteiger partial charge is 0.122 e. The van der Waals surface area contributed by atoms with Gasteiger partial charge >= 0.3 is 0 Å². The van der Waals surface area contributed by atoms with Crippen molar-refractivity contribution in [1.82, 2.24) is 15.2 Å². The third kappa shape index (κ3) is 3.74. The van der Waals surface area contributed by atoms with Crippen LogP contribution in [0.3, 0.4) is 0 Å². The Labute approximate surface area is 107 Å². The Morgan fingerprint density at radius 3 is 3.24 bits per heavy atom. The van der Waals surface area contributed by atoms with E-state index in [1.807, 2.05) is 6.92 Å². The van der Waals surface area contributed by atoms with Crippen LogP contribution in [0.25, 0.3) is 0 Å². The van der Waals surface area contributed by atoms with Gasteiger partial charge in [-0.25, -0.2) is 4.98 Å². The zero-order valence-electron chi connectivity index (χ0n) is 10.6. The van der Waals surface area contributed by atoms with Crippen molar-refractivity contribution in [2.75, 3.05) is 33.3 Å². The molecule has 0 bridgehead atoms. The molecular weight excluding hydrogens is 234 g/mol. The van der Waals surface area contributed by atoms with Gasteiger partial charge in [0.2, 0.25) is 0 Å². The molecule has 0 aliphatic carbocycles. The second-order valence-electron chi connectivity index (χ2n) is 4.43. The summed E-state index contributed by atoms with van der Waals surface area (Å²) in [5.41, 5.74) is 1.18. The van der Waals surface area contributed by atoms with Gasteiger partial charge in [0.25, 0.3) is 0 Å². The number of nitrogens with zero attached hydrogens (tertiary/aromatic N) is 2. The molecule has 5 heteroatoms. The maximum atomic E-state index is 5.28. The fourth-order valence-electron chi connectivity index (χ4n) is 1.97. The van der Waals surface area contributed by atoms with Crippen LogP contribution in [-0.4, -0.2) is 43.2 Å². The molecule has 1 aliphatic heterocycles. The monoisotopic (exact) mass is 255 g/mol. The number of thiazole rings is 1. The summed E-state index contributed by atoms with van der Waals surface area (Å²) in [6.07, 6.45) is 1.34. The number of aromatic nitrogens is 1. The summed E-state index contributed by atoms with van der Waals surface area (Å²) in [6.45, 7) is 7.52. The Balaban J connectivity index is 1.91. The Morgan fingerprint density at radius 2 is 2.41 bits per heavy atom. The molecule has 1 aliphatic rings. The predicted octanol–water partition coefficient (Wildman–Crippen LogP) is 1.65. The van der Waals surface area contributed by atoms with E-state index in [1.165, 1.54) is 18.7 Å². The molecule has 2 rings (SSSR count). The highest BCUT2D eigenvalue weighted by Crippen LogP contribution is 2.21. The molecule has 0 saturated carbocycles. The van der Waals surface area contributed by atoms with Crippen LogP contribution < -0.4 is 5.32 Å². The van der Waals surface area contributed by atoms with Crippen LogP contribution in [0.4, 0.5) is 0 Å². The first-order valence-corrected chi connectivity index (χ1v) is 7.07.